The highest BCUT2D eigenvalue weighted by atomic mass is 32.1. The van der Waals surface area contributed by atoms with Gasteiger partial charge in [0.2, 0.25) is 5.91 Å². The zero-order chi connectivity index (χ0) is 13.8. The quantitative estimate of drug-likeness (QED) is 0.827. The summed E-state index contributed by atoms with van der Waals surface area (Å²) in [6, 6.07) is 8.38. The van der Waals surface area contributed by atoms with Gasteiger partial charge in [0.05, 0.1) is 4.99 Å². The van der Waals surface area contributed by atoms with Crippen LogP contribution in [0.2, 0.25) is 0 Å². The van der Waals surface area contributed by atoms with Crippen LogP contribution in [0.3, 0.4) is 0 Å². The van der Waals surface area contributed by atoms with Crippen molar-refractivity contribution in [3.63, 3.8) is 0 Å². The summed E-state index contributed by atoms with van der Waals surface area (Å²) in [5, 5.41) is 3.01. The van der Waals surface area contributed by atoms with Crippen molar-refractivity contribution in [3.8, 4) is 0 Å². The van der Waals surface area contributed by atoms with Crippen molar-refractivity contribution in [1.29, 1.82) is 0 Å². The number of nitrogens with two attached hydrogens (primary N) is 1. The number of fused-ring (bicyclic) bond motifs is 1. The highest BCUT2D eigenvalue weighted by Crippen LogP contribution is 2.25. The van der Waals surface area contributed by atoms with Crippen LogP contribution in [0.15, 0.2) is 24.3 Å². The molecular formula is C15H20N2OS. The zero-order valence-corrected chi connectivity index (χ0v) is 12.0. The van der Waals surface area contributed by atoms with Gasteiger partial charge in [0, 0.05) is 18.4 Å². The van der Waals surface area contributed by atoms with Gasteiger partial charge in [-0.05, 0) is 37.3 Å². The van der Waals surface area contributed by atoms with Crippen LogP contribution in [0.25, 0.3) is 0 Å². The number of nitrogens with one attached hydrogen (secondary N) is 1. The van der Waals surface area contributed by atoms with Gasteiger partial charge in [0.15, 0.2) is 0 Å². The molecule has 3 N–H and O–H groups in total. The van der Waals surface area contributed by atoms with Crippen molar-refractivity contribution < 1.29 is 4.79 Å². The molecule has 19 heavy (non-hydrogen) atoms. The third-order valence-corrected chi connectivity index (χ3v) is 3.78. The van der Waals surface area contributed by atoms with E-state index in [2.05, 4.69) is 23.5 Å². The van der Waals surface area contributed by atoms with Crippen molar-refractivity contribution in [2.45, 2.75) is 38.6 Å². The van der Waals surface area contributed by atoms with Crippen LogP contribution in [0, 0.1) is 5.92 Å². The summed E-state index contributed by atoms with van der Waals surface area (Å²) in [6.07, 6.45) is 3.30. The molecule has 1 aliphatic rings. The summed E-state index contributed by atoms with van der Waals surface area (Å²) in [7, 11) is 0. The Labute approximate surface area is 119 Å². The molecule has 0 aromatic heterocycles. The van der Waals surface area contributed by atoms with Crippen molar-refractivity contribution in [2.24, 2.45) is 11.7 Å². The number of amides is 1. The van der Waals surface area contributed by atoms with Gasteiger partial charge in [-0.3, -0.25) is 4.79 Å². The molecule has 2 unspecified atom stereocenters. The monoisotopic (exact) mass is 276 g/mol. The largest absolute Gasteiger partial charge is 0.393 e. The molecule has 0 radical (unpaired) electrons. The Hall–Kier alpha value is -1.42. The summed E-state index contributed by atoms with van der Waals surface area (Å²) in [5.74, 6) is 0.196. The molecule has 1 aliphatic carbocycles. The number of hydrogen-bond acceptors (Lipinski definition) is 2. The minimum absolute atomic E-state index is 0.0159. The second-order valence-electron chi connectivity index (χ2n) is 5.29. The van der Waals surface area contributed by atoms with E-state index in [1.165, 1.54) is 11.1 Å². The predicted octanol–water partition coefficient (Wildman–Crippen LogP) is 1.97. The van der Waals surface area contributed by atoms with E-state index in [1.54, 1.807) is 0 Å². The number of benzene rings is 1. The number of carbonyl (C=O) groups excluding carboxylic acids is 1. The van der Waals surface area contributed by atoms with E-state index in [1.807, 2.05) is 13.0 Å². The van der Waals surface area contributed by atoms with Gasteiger partial charge in [-0.15, -0.1) is 0 Å². The predicted molar refractivity (Wildman–Crippen MR) is 81.0 cm³/mol. The first-order chi connectivity index (χ1) is 9.06. The molecule has 0 aliphatic heterocycles. The third-order valence-electron chi connectivity index (χ3n) is 3.61. The molecule has 2 rings (SSSR count). The van der Waals surface area contributed by atoms with Crippen LogP contribution in [0.5, 0.6) is 0 Å². The smallest absolute Gasteiger partial charge is 0.223 e. The van der Waals surface area contributed by atoms with Gasteiger partial charge >= 0.3 is 0 Å². The van der Waals surface area contributed by atoms with E-state index in [-0.39, 0.29) is 17.9 Å². The molecule has 0 heterocycles. The number of thiocarbonyl (C=S) groups is 1. The summed E-state index contributed by atoms with van der Waals surface area (Å²) < 4.78 is 0. The van der Waals surface area contributed by atoms with Crippen molar-refractivity contribution in [1.82, 2.24) is 5.32 Å². The molecule has 3 nitrogen and oxygen atoms in total. The second-order valence-corrected chi connectivity index (χ2v) is 5.81. The Morgan fingerprint density at radius 1 is 1.47 bits per heavy atom. The van der Waals surface area contributed by atoms with Gasteiger partial charge in [0.25, 0.3) is 0 Å². The molecule has 1 aromatic rings. The molecule has 1 aromatic carbocycles. The van der Waals surface area contributed by atoms with Gasteiger partial charge in [-0.25, -0.2) is 0 Å². The van der Waals surface area contributed by atoms with E-state index in [0.29, 0.717) is 11.4 Å². The molecule has 2 atom stereocenters. The maximum Gasteiger partial charge on any atom is 0.223 e. The molecule has 4 heteroatoms. The average Bonchev–Trinajstić information content (AvgIpc) is 2.37. The van der Waals surface area contributed by atoms with Crippen LogP contribution >= 0.6 is 12.2 Å². The molecule has 0 bridgehead atoms. The van der Waals surface area contributed by atoms with E-state index >= 15 is 0 Å². The fourth-order valence-corrected chi connectivity index (χ4v) is 2.89. The average molecular weight is 276 g/mol. The van der Waals surface area contributed by atoms with Crippen LogP contribution in [-0.4, -0.2) is 16.9 Å². The first-order valence-corrected chi connectivity index (χ1v) is 7.12. The Bertz CT molecular complexity index is 487. The Morgan fingerprint density at radius 2 is 2.16 bits per heavy atom. The topological polar surface area (TPSA) is 55.1 Å². The number of hydrogen-bond donors (Lipinski definition) is 2. The number of aryl methyl sites for hydroxylation is 1. The maximum atomic E-state index is 12.2. The summed E-state index contributed by atoms with van der Waals surface area (Å²) in [5.41, 5.74) is 8.17. The van der Waals surface area contributed by atoms with Gasteiger partial charge in [-0.2, -0.15) is 0 Å². The first kappa shape index (κ1) is 14.0. The van der Waals surface area contributed by atoms with Gasteiger partial charge in [0.1, 0.15) is 0 Å². The van der Waals surface area contributed by atoms with Crippen molar-refractivity contribution in [3.05, 3.63) is 35.4 Å². The number of rotatable bonds is 4. The zero-order valence-electron chi connectivity index (χ0n) is 11.2. The standard InChI is InChI=1S/C15H20N2OS/c1-10(8-14(16)19)17-15(18)13-7-6-11-4-2-3-5-12(11)9-13/h2-5,10,13H,6-9H2,1H3,(H2,16,19)(H,17,18). The van der Waals surface area contributed by atoms with Crippen LogP contribution in [0.1, 0.15) is 30.9 Å². The lowest BCUT2D eigenvalue weighted by molar-refractivity contribution is -0.125. The Kier molecular flexibility index (Phi) is 4.53. The molecule has 0 spiro atoms. The highest BCUT2D eigenvalue weighted by molar-refractivity contribution is 7.80. The molecule has 102 valence electrons. The third kappa shape index (κ3) is 3.77. The minimum Gasteiger partial charge on any atom is -0.393 e. The summed E-state index contributed by atoms with van der Waals surface area (Å²) >= 11 is 4.86. The van der Waals surface area contributed by atoms with Crippen molar-refractivity contribution in [2.75, 3.05) is 0 Å². The van der Waals surface area contributed by atoms with Gasteiger partial charge in [-0.1, -0.05) is 36.5 Å². The van der Waals surface area contributed by atoms with Crippen LogP contribution in [-0.2, 0) is 17.6 Å². The molecular weight excluding hydrogens is 256 g/mol. The Morgan fingerprint density at radius 3 is 2.84 bits per heavy atom. The number of carbonyl (C=O) groups is 1. The van der Waals surface area contributed by atoms with E-state index in [9.17, 15) is 4.79 Å². The van der Waals surface area contributed by atoms with Crippen LogP contribution in [0.4, 0.5) is 0 Å². The lowest BCUT2D eigenvalue weighted by Gasteiger charge is -2.25. The molecule has 0 saturated heterocycles. The summed E-state index contributed by atoms with van der Waals surface area (Å²) in [6.45, 7) is 1.94. The SMILES string of the molecule is CC(CC(N)=S)NC(=O)C1CCc2ccccc2C1. The van der Waals surface area contributed by atoms with E-state index in [4.69, 9.17) is 18.0 Å². The lowest BCUT2D eigenvalue weighted by atomic mass is 9.83. The molecule has 0 saturated carbocycles. The van der Waals surface area contributed by atoms with Crippen LogP contribution < -0.4 is 11.1 Å². The second kappa shape index (κ2) is 6.15. The maximum absolute atomic E-state index is 12.2. The fourth-order valence-electron chi connectivity index (χ4n) is 2.64. The van der Waals surface area contributed by atoms with E-state index < -0.39 is 0 Å². The van der Waals surface area contributed by atoms with Crippen molar-refractivity contribution >= 4 is 23.1 Å². The normalized spacial score (nSPS) is 19.3. The summed E-state index contributed by atoms with van der Waals surface area (Å²) in [4.78, 5) is 12.7. The minimum atomic E-state index is 0.0159. The lowest BCUT2D eigenvalue weighted by Crippen LogP contribution is -2.40. The Balaban J connectivity index is 1.93. The molecule has 0 fully saturated rings. The highest BCUT2D eigenvalue weighted by Gasteiger charge is 2.25. The van der Waals surface area contributed by atoms with Gasteiger partial charge < -0.3 is 11.1 Å². The fraction of sp³-hybridized carbons (Fsp3) is 0.467. The molecule has 1 amide bonds. The first-order valence-electron chi connectivity index (χ1n) is 6.71. The van der Waals surface area contributed by atoms with E-state index in [0.717, 1.165) is 19.3 Å².